The Morgan fingerprint density at radius 2 is 1.87 bits per heavy atom. The smallest absolute Gasteiger partial charge is 0.240 e. The van der Waals surface area contributed by atoms with E-state index in [9.17, 15) is 8.42 Å². The fraction of sp³-hybridized carbons (Fsp3) is 0.227. The first-order valence-electron chi connectivity index (χ1n) is 9.95. The molecule has 1 atom stereocenters. The zero-order chi connectivity index (χ0) is 20.7. The Hall–Kier alpha value is -3.10. The second-order valence-corrected chi connectivity index (χ2v) is 9.47. The molecule has 1 fully saturated rings. The van der Waals surface area contributed by atoms with Crippen molar-refractivity contribution in [1.29, 1.82) is 0 Å². The first kappa shape index (κ1) is 18.9. The topological polar surface area (TPSA) is 91.0 Å². The van der Waals surface area contributed by atoms with Gasteiger partial charge in [-0.3, -0.25) is 0 Å². The molecule has 0 bridgehead atoms. The molecule has 154 valence electrons. The van der Waals surface area contributed by atoms with Gasteiger partial charge < -0.3 is 15.5 Å². The van der Waals surface area contributed by atoms with Gasteiger partial charge in [-0.05, 0) is 48.6 Å². The molecule has 3 aliphatic rings. The molecule has 1 unspecified atom stereocenters. The molecule has 2 heterocycles. The minimum atomic E-state index is -3.55. The van der Waals surface area contributed by atoms with E-state index in [1.54, 1.807) is 36.5 Å². The van der Waals surface area contributed by atoms with Crippen LogP contribution in [-0.2, 0) is 16.6 Å². The maximum atomic E-state index is 12.5. The van der Waals surface area contributed by atoms with Crippen LogP contribution >= 0.6 is 0 Å². The number of benzene rings is 2. The van der Waals surface area contributed by atoms with Gasteiger partial charge in [0, 0.05) is 30.8 Å². The van der Waals surface area contributed by atoms with Gasteiger partial charge in [0.25, 0.3) is 0 Å². The average Bonchev–Trinajstić information content (AvgIpc) is 3.53. The Morgan fingerprint density at radius 3 is 2.63 bits per heavy atom. The summed E-state index contributed by atoms with van der Waals surface area (Å²) in [5.41, 5.74) is 8.91. The second kappa shape index (κ2) is 7.30. The van der Waals surface area contributed by atoms with Crippen molar-refractivity contribution >= 4 is 21.5 Å². The summed E-state index contributed by atoms with van der Waals surface area (Å²) < 4.78 is 27.8. The highest BCUT2D eigenvalue weighted by molar-refractivity contribution is 7.89. The van der Waals surface area contributed by atoms with Gasteiger partial charge >= 0.3 is 0 Å². The lowest BCUT2D eigenvalue weighted by Crippen LogP contribution is -2.41. The lowest BCUT2D eigenvalue weighted by molar-refractivity contribution is 0.344. The molecule has 7 nitrogen and oxygen atoms in total. The molecule has 0 amide bonds. The number of hydrogen-bond donors (Lipinski definition) is 2. The first-order valence-corrected chi connectivity index (χ1v) is 11.4. The van der Waals surface area contributed by atoms with Gasteiger partial charge in [-0.1, -0.05) is 30.3 Å². The Labute approximate surface area is 176 Å². The van der Waals surface area contributed by atoms with E-state index in [2.05, 4.69) is 19.5 Å². The van der Waals surface area contributed by atoms with Crippen molar-refractivity contribution in [2.75, 3.05) is 4.90 Å². The quantitative estimate of drug-likeness (QED) is 0.748. The van der Waals surface area contributed by atoms with E-state index in [-0.39, 0.29) is 17.6 Å². The van der Waals surface area contributed by atoms with Gasteiger partial charge in [-0.2, -0.15) is 0 Å². The number of rotatable bonds is 6. The Morgan fingerprint density at radius 1 is 1.07 bits per heavy atom. The summed E-state index contributed by atoms with van der Waals surface area (Å²) in [4.78, 5) is 8.89. The second-order valence-electron chi connectivity index (χ2n) is 7.70. The number of amidine groups is 1. The summed E-state index contributed by atoms with van der Waals surface area (Å²) >= 11 is 0. The highest BCUT2D eigenvalue weighted by atomic mass is 32.2. The highest BCUT2D eigenvalue weighted by Crippen LogP contribution is 2.44. The van der Waals surface area contributed by atoms with E-state index in [4.69, 9.17) is 5.73 Å². The van der Waals surface area contributed by atoms with Crippen molar-refractivity contribution < 1.29 is 8.42 Å². The minimum absolute atomic E-state index is 0.168. The molecular formula is C22H23N5O2S. The van der Waals surface area contributed by atoms with Crippen LogP contribution in [0.25, 0.3) is 0 Å². The maximum Gasteiger partial charge on any atom is 0.240 e. The Bertz CT molecular complexity index is 1150. The summed E-state index contributed by atoms with van der Waals surface area (Å²) in [6, 6.07) is 16.3. The molecule has 2 aliphatic heterocycles. The number of anilines is 1. The van der Waals surface area contributed by atoms with E-state index in [1.807, 2.05) is 36.7 Å². The number of nitrogens with two attached hydrogens (primary N) is 1. The summed E-state index contributed by atoms with van der Waals surface area (Å²) in [6.45, 7) is 0.219. The van der Waals surface area contributed by atoms with Crippen molar-refractivity contribution in [3.63, 3.8) is 0 Å². The predicted molar refractivity (Wildman–Crippen MR) is 117 cm³/mol. The van der Waals surface area contributed by atoms with Gasteiger partial charge in [0.15, 0.2) is 0 Å². The SMILES string of the molecule is NC1=NC=CN2C1=CN(c1cccc(CNS(=O)(=O)c3ccccc3)c1)C2C1CC1. The standard InChI is InChI=1S/C22H23N5O2S/c23-21-20-15-27(22(17-9-10-17)26(20)12-11-24-21)18-6-4-5-16(13-18)14-25-30(28,29)19-7-2-1-3-8-19/h1-8,11-13,15,17,22,25H,9-10,14H2,(H2,23,24). The van der Waals surface area contributed by atoms with Crippen LogP contribution in [0.3, 0.4) is 0 Å². The molecule has 0 saturated heterocycles. The van der Waals surface area contributed by atoms with Crippen LogP contribution in [0, 0.1) is 5.92 Å². The van der Waals surface area contributed by atoms with Crippen molar-refractivity contribution in [3.8, 4) is 0 Å². The van der Waals surface area contributed by atoms with Crippen LogP contribution in [0.2, 0.25) is 0 Å². The highest BCUT2D eigenvalue weighted by Gasteiger charge is 2.44. The lowest BCUT2D eigenvalue weighted by Gasteiger charge is -2.33. The summed E-state index contributed by atoms with van der Waals surface area (Å²) in [5, 5.41) is 0. The molecule has 1 aliphatic carbocycles. The van der Waals surface area contributed by atoms with Crippen LogP contribution in [0.4, 0.5) is 5.69 Å². The summed E-state index contributed by atoms with van der Waals surface area (Å²) in [5.74, 6) is 1.08. The molecule has 5 rings (SSSR count). The fourth-order valence-corrected chi connectivity index (χ4v) is 4.97. The van der Waals surface area contributed by atoms with E-state index >= 15 is 0 Å². The number of fused-ring (bicyclic) bond motifs is 1. The molecule has 2 aromatic carbocycles. The molecule has 0 aromatic heterocycles. The first-order chi connectivity index (χ1) is 14.5. The van der Waals surface area contributed by atoms with Crippen LogP contribution in [0.15, 0.2) is 88.8 Å². The summed E-state index contributed by atoms with van der Waals surface area (Å²) in [7, 11) is -3.55. The van der Waals surface area contributed by atoms with E-state index in [1.165, 1.54) is 12.8 Å². The molecule has 8 heteroatoms. The van der Waals surface area contributed by atoms with Crippen LogP contribution < -0.4 is 15.4 Å². The zero-order valence-electron chi connectivity index (χ0n) is 16.3. The molecule has 0 radical (unpaired) electrons. The normalized spacial score (nSPS) is 20.7. The number of sulfonamides is 1. The number of hydrogen-bond acceptors (Lipinski definition) is 6. The molecule has 30 heavy (non-hydrogen) atoms. The number of nitrogens with one attached hydrogen (secondary N) is 1. The molecule has 1 saturated carbocycles. The zero-order valence-corrected chi connectivity index (χ0v) is 17.2. The van der Waals surface area contributed by atoms with Crippen LogP contribution in [0.5, 0.6) is 0 Å². The van der Waals surface area contributed by atoms with Gasteiger partial charge in [0.1, 0.15) is 17.7 Å². The van der Waals surface area contributed by atoms with Crippen molar-refractivity contribution in [3.05, 3.63) is 84.5 Å². The maximum absolute atomic E-state index is 12.5. The molecule has 0 spiro atoms. The van der Waals surface area contributed by atoms with E-state index in [0.29, 0.717) is 11.8 Å². The Balaban J connectivity index is 1.38. The van der Waals surface area contributed by atoms with Gasteiger partial charge in [-0.25, -0.2) is 18.1 Å². The van der Waals surface area contributed by atoms with Crippen molar-refractivity contribution in [2.45, 2.75) is 30.4 Å². The number of aliphatic imine (C=N–C) groups is 1. The average molecular weight is 422 g/mol. The van der Waals surface area contributed by atoms with Gasteiger partial charge in [-0.15, -0.1) is 0 Å². The third kappa shape index (κ3) is 3.48. The molecule has 3 N–H and O–H groups in total. The third-order valence-corrected chi connectivity index (χ3v) is 7.00. The fourth-order valence-electron chi connectivity index (χ4n) is 3.93. The van der Waals surface area contributed by atoms with E-state index in [0.717, 1.165) is 16.9 Å². The lowest BCUT2D eigenvalue weighted by atomic mass is 10.1. The predicted octanol–water partition coefficient (Wildman–Crippen LogP) is 2.71. The van der Waals surface area contributed by atoms with Gasteiger partial charge in [0.2, 0.25) is 10.0 Å². The van der Waals surface area contributed by atoms with Gasteiger partial charge in [0.05, 0.1) is 4.90 Å². The summed E-state index contributed by atoms with van der Waals surface area (Å²) in [6.07, 6.45) is 8.28. The Kier molecular flexibility index (Phi) is 4.60. The molecular weight excluding hydrogens is 398 g/mol. The van der Waals surface area contributed by atoms with Crippen molar-refractivity contribution in [2.24, 2.45) is 16.6 Å². The van der Waals surface area contributed by atoms with Crippen LogP contribution in [0.1, 0.15) is 18.4 Å². The van der Waals surface area contributed by atoms with Crippen molar-refractivity contribution in [1.82, 2.24) is 9.62 Å². The largest absolute Gasteiger partial charge is 0.382 e. The third-order valence-electron chi connectivity index (χ3n) is 5.59. The molecule has 2 aromatic rings. The minimum Gasteiger partial charge on any atom is -0.382 e. The van der Waals surface area contributed by atoms with Crippen LogP contribution in [-0.4, -0.2) is 25.3 Å². The monoisotopic (exact) mass is 421 g/mol. The number of nitrogens with zero attached hydrogens (tertiary/aromatic N) is 3. The van der Waals surface area contributed by atoms with E-state index < -0.39 is 10.0 Å².